The normalized spacial score (nSPS) is 14.4. The summed E-state index contributed by atoms with van der Waals surface area (Å²) in [6, 6.07) is 33.4. The lowest BCUT2D eigenvalue weighted by atomic mass is 10.1. The molecule has 3 heteroatoms. The van der Waals surface area contributed by atoms with Gasteiger partial charge in [0.2, 0.25) is 0 Å². The number of benzene rings is 3. The van der Waals surface area contributed by atoms with Crippen molar-refractivity contribution in [2.24, 2.45) is 0 Å². The summed E-state index contributed by atoms with van der Waals surface area (Å²) in [5.41, 5.74) is 0. The first-order chi connectivity index (χ1) is 14.2. The summed E-state index contributed by atoms with van der Waals surface area (Å²) >= 11 is 0. The summed E-state index contributed by atoms with van der Waals surface area (Å²) in [6.45, 7) is 4.29. The molecule has 156 valence electrons. The van der Waals surface area contributed by atoms with E-state index >= 15 is 0 Å². The van der Waals surface area contributed by atoms with Gasteiger partial charge in [0.05, 0.1) is 6.10 Å². The van der Waals surface area contributed by atoms with Crippen LogP contribution in [-0.4, -0.2) is 6.10 Å². The summed E-state index contributed by atoms with van der Waals surface area (Å²) in [6.07, 6.45) is 4.79. The highest BCUT2D eigenvalue weighted by Crippen LogP contribution is 2.66. The van der Waals surface area contributed by atoms with Crippen LogP contribution >= 0.6 is 7.26 Å². The maximum absolute atomic E-state index is 6.48. The smallest absolute Gasteiger partial charge is 0.143 e. The van der Waals surface area contributed by atoms with Crippen LogP contribution in [0.5, 0.6) is 0 Å². The molecule has 0 heterocycles. The van der Waals surface area contributed by atoms with Crippen LogP contribution in [0.25, 0.3) is 0 Å². The molecule has 1 nitrogen and oxygen atoms in total. The second-order valence-electron chi connectivity index (χ2n) is 7.92. The Morgan fingerprint density at radius 1 is 0.633 bits per heavy atom. The number of hydrogen-bond donors (Lipinski definition) is 0. The maximum atomic E-state index is 6.48. The molecule has 0 saturated heterocycles. The molecular weight excluding hydrogens is 498 g/mol. The van der Waals surface area contributed by atoms with Gasteiger partial charge in [0.1, 0.15) is 34.2 Å². The van der Waals surface area contributed by atoms with Crippen LogP contribution in [0.15, 0.2) is 102 Å². The number of allylic oxidation sites excluding steroid dienone is 2. The van der Waals surface area contributed by atoms with Gasteiger partial charge in [0.15, 0.2) is 0 Å². The minimum absolute atomic E-state index is 0. The molecule has 3 aromatic carbocycles. The maximum Gasteiger partial charge on any atom is 0.143 e. The Labute approximate surface area is 198 Å². The van der Waals surface area contributed by atoms with Crippen molar-refractivity contribution in [2.45, 2.75) is 45.6 Å². The predicted octanol–water partition coefficient (Wildman–Crippen LogP) is 3.20. The zero-order valence-corrected chi connectivity index (χ0v) is 20.9. The highest BCUT2D eigenvalue weighted by Gasteiger charge is 2.51. The highest BCUT2D eigenvalue weighted by atomic mass is 127. The third-order valence-electron chi connectivity index (χ3n) is 5.60. The van der Waals surface area contributed by atoms with E-state index in [1.165, 1.54) is 39.8 Å². The number of halogens is 1. The van der Waals surface area contributed by atoms with Gasteiger partial charge in [-0.2, -0.15) is 0 Å². The van der Waals surface area contributed by atoms with Gasteiger partial charge in [-0.15, -0.1) is 0 Å². The third kappa shape index (κ3) is 4.50. The molecule has 1 aliphatic rings. The van der Waals surface area contributed by atoms with Crippen LogP contribution in [-0.2, 0) is 4.74 Å². The molecule has 0 atom stereocenters. The first-order valence-electron chi connectivity index (χ1n) is 10.7. The van der Waals surface area contributed by atoms with Crippen LogP contribution in [0.4, 0.5) is 0 Å². The molecule has 0 bridgehead atoms. The number of rotatable bonds is 6. The van der Waals surface area contributed by atoms with Crippen molar-refractivity contribution < 1.29 is 28.7 Å². The second-order valence-corrected chi connectivity index (χ2v) is 11.4. The molecular formula is C27H30IOP. The van der Waals surface area contributed by atoms with Crippen molar-refractivity contribution in [3.8, 4) is 0 Å². The van der Waals surface area contributed by atoms with Gasteiger partial charge in [0.25, 0.3) is 0 Å². The van der Waals surface area contributed by atoms with E-state index in [-0.39, 0.29) is 30.1 Å². The zero-order valence-electron chi connectivity index (χ0n) is 17.8. The molecule has 30 heavy (non-hydrogen) atoms. The largest absolute Gasteiger partial charge is 1.00 e. The summed E-state index contributed by atoms with van der Waals surface area (Å²) in [4.78, 5) is 0. The summed E-state index contributed by atoms with van der Waals surface area (Å²) < 4.78 is 6.48. The van der Waals surface area contributed by atoms with Gasteiger partial charge in [-0.3, -0.25) is 0 Å². The molecule has 1 aliphatic carbocycles. The van der Waals surface area contributed by atoms with Crippen LogP contribution in [0.2, 0.25) is 0 Å². The molecule has 0 aromatic heterocycles. The Balaban J connectivity index is 0.00000256. The van der Waals surface area contributed by atoms with Crippen molar-refractivity contribution in [1.82, 2.24) is 0 Å². The minimum Gasteiger partial charge on any atom is -1.00 e. The minimum atomic E-state index is -1.99. The zero-order chi connectivity index (χ0) is 20.1. The summed E-state index contributed by atoms with van der Waals surface area (Å²) in [7, 11) is -1.99. The van der Waals surface area contributed by atoms with Crippen molar-refractivity contribution in [3.05, 3.63) is 102 Å². The molecule has 3 aromatic rings. The molecule has 0 amide bonds. The van der Waals surface area contributed by atoms with Crippen LogP contribution in [0.1, 0.15) is 39.5 Å². The fraction of sp³-hybridized carbons (Fsp3) is 0.259. The Morgan fingerprint density at radius 2 is 1.03 bits per heavy atom. The standard InChI is InChI=1S/C27H30OP.HI/c1-22(2)28-26-20-12-13-21-27(26)29(23-14-6-3-7-15-23,24-16-8-4-9-17-24)25-18-10-5-11-19-25;/h3-11,14-19,22H,12-13,20-21H2,1-2H3;1H/q+1;/p-1. The molecule has 0 N–H and O–H groups in total. The second kappa shape index (κ2) is 10.6. The highest BCUT2D eigenvalue weighted by molar-refractivity contribution is 7.99. The van der Waals surface area contributed by atoms with E-state index in [9.17, 15) is 0 Å². The summed E-state index contributed by atoms with van der Waals surface area (Å²) in [5, 5.41) is 5.78. The Morgan fingerprint density at radius 3 is 1.43 bits per heavy atom. The first-order valence-corrected chi connectivity index (χ1v) is 12.5. The van der Waals surface area contributed by atoms with E-state index in [0.717, 1.165) is 12.8 Å². The average molecular weight is 528 g/mol. The fourth-order valence-electron chi connectivity index (χ4n) is 4.50. The van der Waals surface area contributed by atoms with E-state index in [2.05, 4.69) is 105 Å². The number of hydrogen-bond acceptors (Lipinski definition) is 1. The van der Waals surface area contributed by atoms with Gasteiger partial charge < -0.3 is 28.7 Å². The lowest BCUT2D eigenvalue weighted by molar-refractivity contribution is -0.00000797. The Bertz CT molecular complexity index is 855. The molecule has 0 radical (unpaired) electrons. The van der Waals surface area contributed by atoms with Gasteiger partial charge in [0, 0.05) is 12.8 Å². The van der Waals surface area contributed by atoms with Gasteiger partial charge in [-0.25, -0.2) is 0 Å². The topological polar surface area (TPSA) is 9.23 Å². The number of ether oxygens (including phenoxy) is 1. The van der Waals surface area contributed by atoms with Crippen molar-refractivity contribution in [2.75, 3.05) is 0 Å². The molecule has 4 rings (SSSR count). The van der Waals surface area contributed by atoms with E-state index in [1.807, 2.05) is 0 Å². The van der Waals surface area contributed by atoms with Gasteiger partial charge in [-0.05, 0) is 63.1 Å². The van der Waals surface area contributed by atoms with Crippen LogP contribution in [0.3, 0.4) is 0 Å². The van der Waals surface area contributed by atoms with Crippen molar-refractivity contribution >= 4 is 23.2 Å². The lowest BCUT2D eigenvalue weighted by Gasteiger charge is -2.33. The molecule has 0 spiro atoms. The van der Waals surface area contributed by atoms with Crippen molar-refractivity contribution in [1.29, 1.82) is 0 Å². The Hall–Kier alpha value is -1.64. The first kappa shape index (κ1) is 23.0. The Kier molecular flexibility index (Phi) is 8.13. The average Bonchev–Trinajstić information content (AvgIpc) is 2.77. The third-order valence-corrected chi connectivity index (χ3v) is 10.1. The van der Waals surface area contributed by atoms with Crippen LogP contribution < -0.4 is 39.9 Å². The molecule has 0 saturated carbocycles. The fourth-order valence-corrected chi connectivity index (χ4v) is 9.22. The van der Waals surface area contributed by atoms with E-state index in [1.54, 1.807) is 0 Å². The van der Waals surface area contributed by atoms with Crippen molar-refractivity contribution in [3.63, 3.8) is 0 Å². The molecule has 0 unspecified atom stereocenters. The molecule has 0 fully saturated rings. The predicted molar refractivity (Wildman–Crippen MR) is 127 cm³/mol. The van der Waals surface area contributed by atoms with E-state index in [4.69, 9.17) is 4.74 Å². The lowest BCUT2D eigenvalue weighted by Crippen LogP contribution is -3.00. The SMILES string of the molecule is CC(C)OC1=C([P+](c2ccccc2)(c2ccccc2)c2ccccc2)CCCC1.[I-]. The summed E-state index contributed by atoms with van der Waals surface area (Å²) in [5.74, 6) is 1.23. The van der Waals surface area contributed by atoms with Gasteiger partial charge >= 0.3 is 0 Å². The van der Waals surface area contributed by atoms with Crippen LogP contribution in [0, 0.1) is 0 Å². The van der Waals surface area contributed by atoms with E-state index in [0.29, 0.717) is 0 Å². The monoisotopic (exact) mass is 528 g/mol. The van der Waals surface area contributed by atoms with Gasteiger partial charge in [-0.1, -0.05) is 54.6 Å². The quantitative estimate of drug-likeness (QED) is 0.353. The molecule has 0 aliphatic heterocycles. The van der Waals surface area contributed by atoms with E-state index < -0.39 is 7.26 Å².